The minimum absolute atomic E-state index is 0.115. The van der Waals surface area contributed by atoms with E-state index in [4.69, 9.17) is 50.1 Å². The molecule has 0 spiro atoms. The number of esters is 1. The zero-order chi connectivity index (χ0) is 45.8. The van der Waals surface area contributed by atoms with Crippen LogP contribution in [0.4, 0.5) is 0 Å². The summed E-state index contributed by atoms with van der Waals surface area (Å²) < 4.78 is 50.9. The van der Waals surface area contributed by atoms with Crippen molar-refractivity contribution in [1.29, 1.82) is 0 Å². The fraction of sp³-hybridized carbons (Fsp3) is 0.822. The highest BCUT2D eigenvalue weighted by atomic mass is 32.1. The van der Waals surface area contributed by atoms with E-state index in [1.807, 2.05) is 76.8 Å². The van der Waals surface area contributed by atoms with Crippen molar-refractivity contribution in [1.82, 2.24) is 9.80 Å². The van der Waals surface area contributed by atoms with Gasteiger partial charge in [0.05, 0.1) is 47.6 Å². The number of thiocarbonyl (C=S) groups is 1. The first-order valence-electron chi connectivity index (χ1n) is 21.8. The molecule has 3 saturated heterocycles. The van der Waals surface area contributed by atoms with Crippen molar-refractivity contribution in [3.8, 4) is 5.75 Å². The van der Waals surface area contributed by atoms with Crippen molar-refractivity contribution in [3.63, 3.8) is 0 Å². The number of methoxy groups -OCH3 is 1. The number of likely N-dealkylation sites (N-methyl/N-ethyl adjacent to an activating group) is 2. The Morgan fingerprint density at radius 2 is 1.59 bits per heavy atom. The third-order valence-electron chi connectivity index (χ3n) is 13.4. The average Bonchev–Trinajstić information content (AvgIpc) is 3.18. The van der Waals surface area contributed by atoms with Crippen molar-refractivity contribution in [2.75, 3.05) is 34.8 Å². The lowest BCUT2D eigenvalue weighted by Gasteiger charge is -2.49. The maximum absolute atomic E-state index is 14.5. The molecule has 15 nitrogen and oxygen atoms in total. The summed E-state index contributed by atoms with van der Waals surface area (Å²) in [6.07, 6.45) is -8.26. The summed E-state index contributed by atoms with van der Waals surface area (Å²) in [5, 5.41) is 47.3. The van der Waals surface area contributed by atoms with Crippen LogP contribution in [0.1, 0.15) is 94.9 Å². The number of hydrogen-bond donors (Lipinski definition) is 4. The van der Waals surface area contributed by atoms with E-state index >= 15 is 0 Å². The van der Waals surface area contributed by atoms with Crippen LogP contribution in [0.15, 0.2) is 30.3 Å². The van der Waals surface area contributed by atoms with Crippen molar-refractivity contribution < 1.29 is 63.1 Å². The summed E-state index contributed by atoms with van der Waals surface area (Å²) in [6.45, 7) is 18.1. The first kappa shape index (κ1) is 51.6. The highest BCUT2D eigenvalue weighted by Gasteiger charge is 2.53. The second kappa shape index (κ2) is 21.3. The molecule has 18 atom stereocenters. The second-order valence-corrected chi connectivity index (χ2v) is 19.3. The Hall–Kier alpha value is -2.06. The van der Waals surface area contributed by atoms with Crippen LogP contribution >= 0.6 is 12.2 Å². The topological polar surface area (TPSA) is 178 Å². The lowest BCUT2D eigenvalue weighted by molar-refractivity contribution is -0.317. The molecule has 0 bridgehead atoms. The molecule has 0 aromatic heterocycles. The molecule has 0 saturated carbocycles. The highest BCUT2D eigenvalue weighted by molar-refractivity contribution is 7.79. The van der Waals surface area contributed by atoms with E-state index in [1.165, 1.54) is 14.0 Å². The zero-order valence-electron chi connectivity index (χ0n) is 38.8. The number of nitrogens with zero attached hydrogens (tertiary/aromatic N) is 2. The summed E-state index contributed by atoms with van der Waals surface area (Å²) in [5.74, 6) is -2.20. The number of para-hydroxylation sites is 1. The van der Waals surface area contributed by atoms with Gasteiger partial charge in [0, 0.05) is 44.3 Å². The van der Waals surface area contributed by atoms with Gasteiger partial charge in [-0.25, -0.2) is 0 Å². The van der Waals surface area contributed by atoms with Crippen molar-refractivity contribution in [2.24, 2.45) is 17.8 Å². The van der Waals surface area contributed by atoms with Crippen molar-refractivity contribution in [2.45, 2.75) is 185 Å². The van der Waals surface area contributed by atoms with E-state index in [0.717, 1.165) is 0 Å². The monoisotopic (exact) mass is 885 g/mol. The molecule has 3 aliphatic rings. The third-order valence-corrected chi connectivity index (χ3v) is 13.5. The Morgan fingerprint density at radius 3 is 2.18 bits per heavy atom. The molecule has 1 aromatic rings. The summed E-state index contributed by atoms with van der Waals surface area (Å²) in [4.78, 5) is 18.4. The lowest BCUT2D eigenvalue weighted by Crippen LogP contribution is -2.61. The van der Waals surface area contributed by atoms with Gasteiger partial charge in [0.25, 0.3) is 0 Å². The fourth-order valence-corrected chi connectivity index (χ4v) is 9.77. The number of hydrogen-bond acceptors (Lipinski definition) is 16. The highest BCUT2D eigenvalue weighted by Crippen LogP contribution is 2.40. The van der Waals surface area contributed by atoms with Crippen molar-refractivity contribution in [3.05, 3.63) is 30.3 Å². The van der Waals surface area contributed by atoms with E-state index in [-0.39, 0.29) is 42.6 Å². The van der Waals surface area contributed by atoms with E-state index < -0.39 is 96.0 Å². The standard InChI is InChI=1S/C45H76N2O13S/c1-15-33-45(10,52)37(48)29(6)47(13)24-25(2)22-43(8,51)39(27(4)35(28(5)40(50)57-33)58-34-23-44(9,53-14)38(49)30(7)55-34)60-41-36(32(46(11)12)21-26(3)54-41)59-42(61)56-31-19-17-16-18-20-31/h16-20,25-30,32-39,41,48-49,51-52H,15,21-24H2,1-14H3/t25-,26-,27+,28-,29-,30+,32?,33-,34+,35+,36-,37-,38+,39-,41+,43-,44-,45-/m1/s1. The van der Waals surface area contributed by atoms with Gasteiger partial charge in [0.2, 0.25) is 0 Å². The molecule has 3 fully saturated rings. The second-order valence-electron chi connectivity index (χ2n) is 18.9. The first-order chi connectivity index (χ1) is 28.4. The van der Waals surface area contributed by atoms with Crippen LogP contribution in [-0.2, 0) is 38.0 Å². The number of aliphatic hydroxyl groups is 4. The molecule has 1 aromatic carbocycles. The van der Waals surface area contributed by atoms with Gasteiger partial charge in [-0.15, -0.1) is 0 Å². The number of rotatable bonds is 9. The quantitative estimate of drug-likeness (QED) is 0.204. The first-order valence-corrected chi connectivity index (χ1v) is 22.3. The van der Waals surface area contributed by atoms with Crippen LogP contribution in [-0.4, -0.2) is 167 Å². The molecule has 61 heavy (non-hydrogen) atoms. The molecule has 1 unspecified atom stereocenters. The van der Waals surface area contributed by atoms with Gasteiger partial charge in [-0.1, -0.05) is 39.0 Å². The van der Waals surface area contributed by atoms with Gasteiger partial charge in [-0.3, -0.25) is 4.79 Å². The Morgan fingerprint density at radius 1 is 0.951 bits per heavy atom. The molecule has 0 amide bonds. The van der Waals surface area contributed by atoms with Gasteiger partial charge in [0.15, 0.2) is 18.7 Å². The van der Waals surface area contributed by atoms with Crippen LogP contribution in [0.5, 0.6) is 5.75 Å². The molecule has 16 heteroatoms. The van der Waals surface area contributed by atoms with E-state index in [9.17, 15) is 25.2 Å². The maximum Gasteiger partial charge on any atom is 0.358 e. The van der Waals surface area contributed by atoms with Crippen LogP contribution in [0.25, 0.3) is 0 Å². The van der Waals surface area contributed by atoms with Gasteiger partial charge in [-0.05, 0) is 107 Å². The van der Waals surface area contributed by atoms with E-state index in [2.05, 4.69) is 0 Å². The van der Waals surface area contributed by atoms with Crippen LogP contribution < -0.4 is 4.74 Å². The molecule has 3 aliphatic heterocycles. The van der Waals surface area contributed by atoms with Crippen LogP contribution in [0.2, 0.25) is 0 Å². The predicted molar refractivity (Wildman–Crippen MR) is 233 cm³/mol. The van der Waals surface area contributed by atoms with Crippen LogP contribution in [0, 0.1) is 17.8 Å². The number of ether oxygens (including phenoxy) is 8. The maximum atomic E-state index is 14.5. The molecule has 4 N–H and O–H groups in total. The Labute approximate surface area is 369 Å². The van der Waals surface area contributed by atoms with E-state index in [1.54, 1.807) is 46.8 Å². The zero-order valence-corrected chi connectivity index (χ0v) is 39.7. The fourth-order valence-electron chi connectivity index (χ4n) is 9.57. The third kappa shape index (κ3) is 12.4. The van der Waals surface area contributed by atoms with Crippen molar-refractivity contribution >= 4 is 23.4 Å². The molecule has 0 radical (unpaired) electrons. The Balaban J connectivity index is 1.85. The molecular formula is C45H76N2O13S. The van der Waals surface area contributed by atoms with Gasteiger partial charge in [0.1, 0.15) is 29.7 Å². The van der Waals surface area contributed by atoms with Gasteiger partial charge in [-0.2, -0.15) is 0 Å². The Kier molecular flexibility index (Phi) is 18.0. The molecule has 350 valence electrons. The minimum atomic E-state index is -1.82. The predicted octanol–water partition coefficient (Wildman–Crippen LogP) is 4.29. The summed E-state index contributed by atoms with van der Waals surface area (Å²) in [6, 6.07) is 8.24. The smallest absolute Gasteiger partial charge is 0.358 e. The normalized spacial score (nSPS) is 43.8. The molecule has 3 heterocycles. The summed E-state index contributed by atoms with van der Waals surface area (Å²) in [7, 11) is 7.23. The number of aliphatic hydroxyl groups excluding tert-OH is 2. The molecule has 0 aliphatic carbocycles. The lowest BCUT2D eigenvalue weighted by atomic mass is 9.77. The number of carbonyl (C=O) groups excluding carboxylic acids is 1. The number of carbonyl (C=O) groups is 1. The van der Waals surface area contributed by atoms with Crippen LogP contribution in [0.3, 0.4) is 0 Å². The van der Waals surface area contributed by atoms with E-state index in [0.29, 0.717) is 18.7 Å². The minimum Gasteiger partial charge on any atom is -0.459 e. The summed E-state index contributed by atoms with van der Waals surface area (Å²) in [5.41, 5.74) is -4.48. The number of cyclic esters (lactones) is 1. The number of benzene rings is 1. The van der Waals surface area contributed by atoms with Gasteiger partial charge < -0.3 is 68.1 Å². The SMILES string of the molecule is CC[C@H]1OC(=O)[C@H](C)[C@@H](O[C@H]2C[C@@](C)(OC)[C@@H](O)[C@H](C)O2)[C@H](C)[C@@H](O[C@@H]2O[C@H](C)CC(N(C)C)[C@H]2OC(=S)Oc2ccccc2)[C@](C)(O)C[C@@H](C)CN(C)[C@H](C)[C@@H](O)[C@]1(C)O. The molecular weight excluding hydrogens is 809 g/mol. The summed E-state index contributed by atoms with van der Waals surface area (Å²) >= 11 is 5.63. The molecule has 4 rings (SSSR count). The van der Waals surface area contributed by atoms with Gasteiger partial charge >= 0.3 is 11.2 Å². The average molecular weight is 885 g/mol. The largest absolute Gasteiger partial charge is 0.459 e. The Bertz CT molecular complexity index is 1560.